The summed E-state index contributed by atoms with van der Waals surface area (Å²) >= 11 is 0. The van der Waals surface area contributed by atoms with E-state index in [0.717, 1.165) is 45.8 Å². The third-order valence-electron chi connectivity index (χ3n) is 4.84. The van der Waals surface area contributed by atoms with Crippen LogP contribution in [0.15, 0.2) is 48.5 Å². The van der Waals surface area contributed by atoms with Gasteiger partial charge in [-0.15, -0.1) is 0 Å². The number of hydrogen-bond acceptors (Lipinski definition) is 4. The highest BCUT2D eigenvalue weighted by Crippen LogP contribution is 2.47. The van der Waals surface area contributed by atoms with Crippen LogP contribution in [0.3, 0.4) is 0 Å². The molecule has 0 bridgehead atoms. The summed E-state index contributed by atoms with van der Waals surface area (Å²) in [4.78, 5) is 23.8. The fraction of sp³-hybridized carbons (Fsp3) is 0.0909. The highest BCUT2D eigenvalue weighted by atomic mass is 16.5. The van der Waals surface area contributed by atoms with Crippen molar-refractivity contribution in [3.8, 4) is 11.5 Å². The second kappa shape index (κ2) is 6.15. The van der Waals surface area contributed by atoms with Crippen molar-refractivity contribution in [2.24, 2.45) is 0 Å². The Morgan fingerprint density at radius 3 is 2.15 bits per heavy atom. The number of ether oxygens (including phenoxy) is 2. The summed E-state index contributed by atoms with van der Waals surface area (Å²) in [7, 11) is 3.15. The van der Waals surface area contributed by atoms with Crippen molar-refractivity contribution in [3.63, 3.8) is 0 Å². The summed E-state index contributed by atoms with van der Waals surface area (Å²) in [6, 6.07) is 15.0. The van der Waals surface area contributed by atoms with E-state index >= 15 is 0 Å². The van der Waals surface area contributed by atoms with Gasteiger partial charge < -0.3 is 9.47 Å². The van der Waals surface area contributed by atoms with Crippen molar-refractivity contribution in [3.05, 3.63) is 70.8 Å². The van der Waals surface area contributed by atoms with E-state index in [-0.39, 0.29) is 0 Å². The number of rotatable bonds is 5. The predicted molar refractivity (Wildman–Crippen MR) is 101 cm³/mol. The van der Waals surface area contributed by atoms with Crippen LogP contribution in [-0.2, 0) is 4.79 Å². The first-order chi connectivity index (χ1) is 12.7. The first-order valence-electron chi connectivity index (χ1n) is 8.17. The van der Waals surface area contributed by atoms with Crippen molar-refractivity contribution in [1.29, 1.82) is 0 Å². The second-order valence-corrected chi connectivity index (χ2v) is 5.99. The molecular formula is C22H16O4. The largest absolute Gasteiger partial charge is 0.496 e. The van der Waals surface area contributed by atoms with Gasteiger partial charge in [0.1, 0.15) is 11.5 Å². The number of allylic oxidation sites excluding steroid dienone is 1. The molecule has 0 unspecified atom stereocenters. The van der Waals surface area contributed by atoms with Gasteiger partial charge in [-0.1, -0.05) is 30.3 Å². The van der Waals surface area contributed by atoms with Crippen LogP contribution in [-0.4, -0.2) is 26.8 Å². The highest BCUT2D eigenvalue weighted by Gasteiger charge is 2.28. The van der Waals surface area contributed by atoms with Gasteiger partial charge in [-0.25, -0.2) is 0 Å². The maximum absolute atomic E-state index is 12.0. The van der Waals surface area contributed by atoms with Gasteiger partial charge >= 0.3 is 0 Å². The first kappa shape index (κ1) is 16.1. The van der Waals surface area contributed by atoms with Crippen molar-refractivity contribution >= 4 is 34.5 Å². The van der Waals surface area contributed by atoms with Crippen LogP contribution >= 0.6 is 0 Å². The van der Waals surface area contributed by atoms with Gasteiger partial charge in [-0.05, 0) is 34.9 Å². The maximum Gasteiger partial charge on any atom is 0.154 e. The third-order valence-corrected chi connectivity index (χ3v) is 4.84. The number of hydrogen-bond donors (Lipinski definition) is 0. The van der Waals surface area contributed by atoms with Crippen LogP contribution in [0.1, 0.15) is 27.0 Å². The predicted octanol–water partition coefficient (Wildman–Crippen LogP) is 4.14. The number of benzene rings is 3. The summed E-state index contributed by atoms with van der Waals surface area (Å²) in [5.74, 6) is 1.23. The minimum atomic E-state index is 0.432. The minimum absolute atomic E-state index is 0.432. The lowest BCUT2D eigenvalue weighted by Crippen LogP contribution is -1.98. The standard InChI is InChI=1S/C22H16O4/c1-25-19-8-4-5-13(17(19)11-23)22-16-7-3-6-15-20(26-2)10-9-14(21(15)16)18(22)12-24/h3-12H,1-2H3. The Morgan fingerprint density at radius 2 is 1.46 bits per heavy atom. The molecule has 4 rings (SSSR count). The van der Waals surface area contributed by atoms with Crippen LogP contribution < -0.4 is 9.47 Å². The zero-order valence-corrected chi connectivity index (χ0v) is 14.4. The molecule has 3 aromatic carbocycles. The Morgan fingerprint density at radius 1 is 0.731 bits per heavy atom. The molecule has 3 aromatic rings. The minimum Gasteiger partial charge on any atom is -0.496 e. The van der Waals surface area contributed by atoms with E-state index < -0.39 is 0 Å². The molecule has 128 valence electrons. The summed E-state index contributed by atoms with van der Waals surface area (Å²) in [5.41, 5.74) is 4.19. The van der Waals surface area contributed by atoms with Crippen LogP contribution in [0, 0.1) is 0 Å². The number of aldehydes is 2. The molecule has 0 amide bonds. The lowest BCUT2D eigenvalue weighted by Gasteiger charge is -2.13. The maximum atomic E-state index is 12.0. The molecule has 0 fully saturated rings. The summed E-state index contributed by atoms with van der Waals surface area (Å²) in [5, 5.41) is 1.90. The average molecular weight is 344 g/mol. The zero-order chi connectivity index (χ0) is 18.3. The lowest BCUT2D eigenvalue weighted by molar-refractivity contribution is -0.103. The van der Waals surface area contributed by atoms with Gasteiger partial charge in [0.2, 0.25) is 0 Å². The van der Waals surface area contributed by atoms with Crippen LogP contribution in [0.4, 0.5) is 0 Å². The Hall–Kier alpha value is -3.40. The normalized spacial score (nSPS) is 12.4. The van der Waals surface area contributed by atoms with Crippen molar-refractivity contribution < 1.29 is 19.1 Å². The second-order valence-electron chi connectivity index (χ2n) is 5.99. The fourth-order valence-electron chi connectivity index (χ4n) is 3.74. The topological polar surface area (TPSA) is 52.6 Å². The number of carbonyl (C=O) groups is 2. The van der Waals surface area contributed by atoms with Gasteiger partial charge in [0.05, 0.1) is 19.8 Å². The smallest absolute Gasteiger partial charge is 0.154 e. The van der Waals surface area contributed by atoms with Crippen LogP contribution in [0.25, 0.3) is 21.9 Å². The average Bonchev–Trinajstić information content (AvgIpc) is 3.02. The van der Waals surface area contributed by atoms with Gasteiger partial charge in [-0.3, -0.25) is 9.59 Å². The Kier molecular flexibility index (Phi) is 3.81. The molecule has 0 saturated carbocycles. The molecular weight excluding hydrogens is 328 g/mol. The molecule has 0 atom stereocenters. The lowest BCUT2D eigenvalue weighted by atomic mass is 9.93. The molecule has 26 heavy (non-hydrogen) atoms. The molecule has 1 aliphatic carbocycles. The molecule has 0 saturated heterocycles. The van der Waals surface area contributed by atoms with Crippen molar-refractivity contribution in [1.82, 2.24) is 0 Å². The van der Waals surface area contributed by atoms with E-state index in [1.165, 1.54) is 7.11 Å². The highest BCUT2D eigenvalue weighted by molar-refractivity contribution is 6.31. The van der Waals surface area contributed by atoms with E-state index in [1.54, 1.807) is 13.2 Å². The molecule has 0 aromatic heterocycles. The fourth-order valence-corrected chi connectivity index (χ4v) is 3.74. The quantitative estimate of drug-likeness (QED) is 0.653. The van der Waals surface area contributed by atoms with Gasteiger partial charge in [0, 0.05) is 21.9 Å². The molecule has 0 aliphatic heterocycles. The van der Waals surface area contributed by atoms with E-state index in [0.29, 0.717) is 22.4 Å². The van der Waals surface area contributed by atoms with E-state index in [9.17, 15) is 9.59 Å². The SMILES string of the molecule is COc1cccc(C2=C(C=O)c3ccc(OC)c4cccc2c34)c1C=O. The third kappa shape index (κ3) is 2.09. The molecule has 0 spiro atoms. The molecule has 0 radical (unpaired) electrons. The van der Waals surface area contributed by atoms with Gasteiger partial charge in [0.15, 0.2) is 12.6 Å². The van der Waals surface area contributed by atoms with Gasteiger partial charge in [0.25, 0.3) is 0 Å². The van der Waals surface area contributed by atoms with Crippen molar-refractivity contribution in [2.45, 2.75) is 0 Å². The molecule has 4 heteroatoms. The van der Waals surface area contributed by atoms with E-state index in [1.807, 2.05) is 42.5 Å². The summed E-state index contributed by atoms with van der Waals surface area (Å²) in [6.07, 6.45) is 1.62. The van der Waals surface area contributed by atoms with E-state index in [4.69, 9.17) is 9.47 Å². The Bertz CT molecular complexity index is 1090. The number of carbonyl (C=O) groups excluding carboxylic acids is 2. The van der Waals surface area contributed by atoms with Crippen molar-refractivity contribution in [2.75, 3.05) is 14.2 Å². The van der Waals surface area contributed by atoms with E-state index in [2.05, 4.69) is 0 Å². The zero-order valence-electron chi connectivity index (χ0n) is 14.4. The Labute approximate surface area is 150 Å². The molecule has 4 nitrogen and oxygen atoms in total. The first-order valence-corrected chi connectivity index (χ1v) is 8.17. The number of methoxy groups -OCH3 is 2. The van der Waals surface area contributed by atoms with Crippen LogP contribution in [0.5, 0.6) is 11.5 Å². The van der Waals surface area contributed by atoms with Gasteiger partial charge in [-0.2, -0.15) is 0 Å². The summed E-state index contributed by atoms with van der Waals surface area (Å²) < 4.78 is 10.8. The monoisotopic (exact) mass is 344 g/mol. The molecule has 1 aliphatic rings. The molecule has 0 N–H and O–H groups in total. The molecule has 0 heterocycles. The van der Waals surface area contributed by atoms with Crippen LogP contribution in [0.2, 0.25) is 0 Å². The Balaban J connectivity index is 2.11. The summed E-state index contributed by atoms with van der Waals surface area (Å²) in [6.45, 7) is 0.